The van der Waals surface area contributed by atoms with Crippen LogP contribution in [-0.4, -0.2) is 47.6 Å². The van der Waals surface area contributed by atoms with E-state index in [0.717, 1.165) is 44.8 Å². The minimum absolute atomic E-state index is 0.502. The Kier molecular flexibility index (Phi) is 3.79. The predicted octanol–water partition coefficient (Wildman–Crippen LogP) is 0.434. The number of fused-ring (bicyclic) bond motifs is 1. The van der Waals surface area contributed by atoms with Crippen LogP contribution in [0.1, 0.15) is 30.8 Å². The second kappa shape index (κ2) is 5.72. The van der Waals surface area contributed by atoms with Crippen molar-refractivity contribution in [2.24, 2.45) is 0 Å². The third kappa shape index (κ3) is 2.88. The molecule has 0 aliphatic carbocycles. The fraction of sp³-hybridized carbons (Fsp3) is 0.615. The molecule has 0 spiro atoms. The van der Waals surface area contributed by atoms with Crippen LogP contribution >= 0.6 is 0 Å². The van der Waals surface area contributed by atoms with Gasteiger partial charge in [0.25, 0.3) is 0 Å². The van der Waals surface area contributed by atoms with Gasteiger partial charge in [0.15, 0.2) is 0 Å². The molecular formula is C13H20N6O. The Morgan fingerprint density at radius 3 is 3.00 bits per heavy atom. The SMILES string of the molecule is CC(O)c1cc2n(n1)CCCN(CCn1cncn1)C2. The molecule has 2 aromatic rings. The van der Waals surface area contributed by atoms with Crippen LogP contribution in [0.5, 0.6) is 0 Å². The molecule has 0 saturated heterocycles. The highest BCUT2D eigenvalue weighted by atomic mass is 16.3. The molecule has 7 nitrogen and oxygen atoms in total. The van der Waals surface area contributed by atoms with Gasteiger partial charge in [-0.25, -0.2) is 4.98 Å². The van der Waals surface area contributed by atoms with E-state index in [1.165, 1.54) is 5.69 Å². The molecule has 0 amide bonds. The van der Waals surface area contributed by atoms with Crippen molar-refractivity contribution in [1.29, 1.82) is 0 Å². The lowest BCUT2D eigenvalue weighted by Gasteiger charge is -2.19. The molecule has 7 heteroatoms. The summed E-state index contributed by atoms with van der Waals surface area (Å²) in [7, 11) is 0. The average molecular weight is 276 g/mol. The molecule has 0 aromatic carbocycles. The number of hydrogen-bond acceptors (Lipinski definition) is 5. The summed E-state index contributed by atoms with van der Waals surface area (Å²) in [6, 6.07) is 2.01. The molecule has 0 saturated carbocycles. The van der Waals surface area contributed by atoms with Crippen molar-refractivity contribution in [3.8, 4) is 0 Å². The van der Waals surface area contributed by atoms with Gasteiger partial charge in [0.05, 0.1) is 24.0 Å². The fourth-order valence-electron chi connectivity index (χ4n) is 2.54. The molecule has 1 atom stereocenters. The second-order valence-corrected chi connectivity index (χ2v) is 5.25. The van der Waals surface area contributed by atoms with Crippen LogP contribution in [0.2, 0.25) is 0 Å². The summed E-state index contributed by atoms with van der Waals surface area (Å²) in [6.07, 6.45) is 3.88. The van der Waals surface area contributed by atoms with Gasteiger partial charge >= 0.3 is 0 Å². The first-order chi connectivity index (χ1) is 9.72. The Labute approximate surface area is 117 Å². The molecule has 1 N–H and O–H groups in total. The minimum Gasteiger partial charge on any atom is -0.387 e. The van der Waals surface area contributed by atoms with Gasteiger partial charge in [0.1, 0.15) is 12.7 Å². The predicted molar refractivity (Wildman–Crippen MR) is 72.8 cm³/mol. The highest BCUT2D eigenvalue weighted by Gasteiger charge is 2.18. The number of hydrogen-bond donors (Lipinski definition) is 1. The Balaban J connectivity index is 1.65. The Bertz CT molecular complexity index is 547. The van der Waals surface area contributed by atoms with Gasteiger partial charge in [0.2, 0.25) is 0 Å². The zero-order chi connectivity index (χ0) is 13.9. The Morgan fingerprint density at radius 1 is 1.35 bits per heavy atom. The number of aliphatic hydroxyl groups is 1. The lowest BCUT2D eigenvalue weighted by molar-refractivity contribution is 0.193. The average Bonchev–Trinajstić information content (AvgIpc) is 3.03. The summed E-state index contributed by atoms with van der Waals surface area (Å²) in [5.41, 5.74) is 1.94. The van der Waals surface area contributed by atoms with Crippen molar-refractivity contribution >= 4 is 0 Å². The van der Waals surface area contributed by atoms with E-state index in [-0.39, 0.29) is 0 Å². The van der Waals surface area contributed by atoms with Crippen LogP contribution in [0, 0.1) is 0 Å². The van der Waals surface area contributed by atoms with E-state index in [9.17, 15) is 5.11 Å². The minimum atomic E-state index is -0.502. The van der Waals surface area contributed by atoms with Crippen molar-refractivity contribution in [2.45, 2.75) is 39.1 Å². The normalized spacial score (nSPS) is 17.7. The quantitative estimate of drug-likeness (QED) is 0.877. The zero-order valence-corrected chi connectivity index (χ0v) is 11.7. The van der Waals surface area contributed by atoms with Crippen molar-refractivity contribution in [2.75, 3.05) is 13.1 Å². The summed E-state index contributed by atoms with van der Waals surface area (Å²) in [4.78, 5) is 6.35. The molecule has 3 heterocycles. The fourth-order valence-corrected chi connectivity index (χ4v) is 2.54. The van der Waals surface area contributed by atoms with Gasteiger partial charge in [0, 0.05) is 26.2 Å². The van der Waals surface area contributed by atoms with Crippen molar-refractivity contribution < 1.29 is 5.11 Å². The van der Waals surface area contributed by atoms with Gasteiger partial charge < -0.3 is 5.11 Å². The molecule has 3 rings (SSSR count). The number of aromatic nitrogens is 5. The third-order valence-corrected chi connectivity index (χ3v) is 3.65. The highest BCUT2D eigenvalue weighted by Crippen LogP contribution is 2.17. The molecule has 20 heavy (non-hydrogen) atoms. The maximum Gasteiger partial charge on any atom is 0.137 e. The Morgan fingerprint density at radius 2 is 2.25 bits per heavy atom. The van der Waals surface area contributed by atoms with Gasteiger partial charge in [-0.2, -0.15) is 10.2 Å². The number of aliphatic hydroxyl groups excluding tert-OH is 1. The van der Waals surface area contributed by atoms with Crippen LogP contribution in [0.25, 0.3) is 0 Å². The molecular weight excluding hydrogens is 256 g/mol. The zero-order valence-electron chi connectivity index (χ0n) is 11.7. The Hall–Kier alpha value is -1.73. The summed E-state index contributed by atoms with van der Waals surface area (Å²) in [5.74, 6) is 0. The van der Waals surface area contributed by atoms with Crippen molar-refractivity contribution in [3.63, 3.8) is 0 Å². The first-order valence-corrected chi connectivity index (χ1v) is 7.02. The van der Waals surface area contributed by atoms with Gasteiger partial charge in [-0.05, 0) is 19.4 Å². The third-order valence-electron chi connectivity index (χ3n) is 3.65. The number of aryl methyl sites for hydroxylation is 1. The summed E-state index contributed by atoms with van der Waals surface area (Å²) >= 11 is 0. The first-order valence-electron chi connectivity index (χ1n) is 7.02. The molecule has 0 fully saturated rings. The monoisotopic (exact) mass is 276 g/mol. The standard InChI is InChI=1S/C13H20N6O/c1-11(20)13-7-12-8-17(3-2-4-19(12)16-13)5-6-18-10-14-9-15-18/h7,9-11,20H,2-6,8H2,1H3. The highest BCUT2D eigenvalue weighted by molar-refractivity contribution is 5.13. The number of nitrogens with zero attached hydrogens (tertiary/aromatic N) is 6. The smallest absolute Gasteiger partial charge is 0.137 e. The molecule has 1 aliphatic rings. The molecule has 2 aromatic heterocycles. The maximum atomic E-state index is 9.63. The lowest BCUT2D eigenvalue weighted by Crippen LogP contribution is -2.27. The van der Waals surface area contributed by atoms with Crippen LogP contribution in [0.3, 0.4) is 0 Å². The lowest BCUT2D eigenvalue weighted by atomic mass is 10.2. The second-order valence-electron chi connectivity index (χ2n) is 5.25. The first kappa shape index (κ1) is 13.3. The van der Waals surface area contributed by atoms with Crippen LogP contribution in [-0.2, 0) is 19.6 Å². The molecule has 1 unspecified atom stereocenters. The number of rotatable bonds is 4. The maximum absolute atomic E-state index is 9.63. The topological polar surface area (TPSA) is 72.0 Å². The van der Waals surface area contributed by atoms with E-state index < -0.39 is 6.10 Å². The van der Waals surface area contributed by atoms with Crippen LogP contribution < -0.4 is 0 Å². The molecule has 0 radical (unpaired) electrons. The molecule has 0 bridgehead atoms. The van der Waals surface area contributed by atoms with E-state index in [0.29, 0.717) is 0 Å². The van der Waals surface area contributed by atoms with E-state index in [4.69, 9.17) is 0 Å². The summed E-state index contributed by atoms with van der Waals surface area (Å²) in [5, 5.41) is 18.2. The van der Waals surface area contributed by atoms with E-state index in [1.807, 2.05) is 15.4 Å². The van der Waals surface area contributed by atoms with E-state index in [2.05, 4.69) is 20.1 Å². The summed E-state index contributed by atoms with van der Waals surface area (Å²) in [6.45, 7) is 6.39. The van der Waals surface area contributed by atoms with Gasteiger partial charge in [-0.1, -0.05) is 0 Å². The van der Waals surface area contributed by atoms with Crippen LogP contribution in [0.4, 0.5) is 0 Å². The largest absolute Gasteiger partial charge is 0.387 e. The molecule has 108 valence electrons. The van der Waals surface area contributed by atoms with E-state index >= 15 is 0 Å². The van der Waals surface area contributed by atoms with Crippen molar-refractivity contribution in [3.05, 3.63) is 30.1 Å². The molecule has 1 aliphatic heterocycles. The van der Waals surface area contributed by atoms with Gasteiger partial charge in [-0.15, -0.1) is 0 Å². The van der Waals surface area contributed by atoms with E-state index in [1.54, 1.807) is 19.6 Å². The summed E-state index contributed by atoms with van der Waals surface area (Å²) < 4.78 is 3.88. The van der Waals surface area contributed by atoms with Gasteiger partial charge in [-0.3, -0.25) is 14.3 Å². The van der Waals surface area contributed by atoms with Crippen LogP contribution in [0.15, 0.2) is 18.7 Å². The van der Waals surface area contributed by atoms with Crippen molar-refractivity contribution in [1.82, 2.24) is 29.4 Å².